The number of amides is 1. The highest BCUT2D eigenvalue weighted by Crippen LogP contribution is 2.43. The lowest BCUT2D eigenvalue weighted by Gasteiger charge is -2.25. The summed E-state index contributed by atoms with van der Waals surface area (Å²) >= 11 is 0. The van der Waals surface area contributed by atoms with Crippen molar-refractivity contribution < 1.29 is 19.0 Å². The van der Waals surface area contributed by atoms with Gasteiger partial charge in [0.1, 0.15) is 17.3 Å². The largest absolute Gasteiger partial charge is 0.493 e. The zero-order valence-corrected chi connectivity index (χ0v) is 23.6. The Bertz CT molecular complexity index is 1520. The van der Waals surface area contributed by atoms with E-state index in [4.69, 9.17) is 19.2 Å². The lowest BCUT2D eigenvalue weighted by Crippen LogP contribution is -2.34. The van der Waals surface area contributed by atoms with Gasteiger partial charge in [0.15, 0.2) is 23.0 Å². The fraction of sp³-hybridized carbons (Fsp3) is 0.367. The maximum Gasteiger partial charge on any atom is 0.221 e. The average molecular weight is 558 g/mol. The minimum Gasteiger partial charge on any atom is -0.493 e. The van der Waals surface area contributed by atoms with Gasteiger partial charge in [-0.25, -0.2) is 9.50 Å². The van der Waals surface area contributed by atoms with Crippen LogP contribution in [0.3, 0.4) is 0 Å². The summed E-state index contributed by atoms with van der Waals surface area (Å²) in [4.78, 5) is 19.5. The Balaban J connectivity index is 1.34. The number of hydrogen-bond donors (Lipinski definition) is 3. The average Bonchev–Trinajstić information content (AvgIpc) is 3.59. The SMILES string of the molecule is COc1cc(-c2nc3c(C#N)c[nH]n3c2Nc2ccc(CNC(=O)CCN3CCCCC3)cc2)cc(OC)c1OC. The first-order chi connectivity index (χ1) is 20.0. The first-order valence-corrected chi connectivity index (χ1v) is 13.7. The van der Waals surface area contributed by atoms with Gasteiger partial charge in [0, 0.05) is 37.0 Å². The molecule has 1 fully saturated rings. The molecule has 0 bridgehead atoms. The number of benzene rings is 2. The Labute approximate surface area is 239 Å². The molecule has 0 saturated carbocycles. The summed E-state index contributed by atoms with van der Waals surface area (Å²) in [5.74, 6) is 2.16. The molecule has 41 heavy (non-hydrogen) atoms. The zero-order chi connectivity index (χ0) is 28.8. The molecule has 2 aromatic heterocycles. The number of H-pyrrole nitrogens is 1. The van der Waals surface area contributed by atoms with Crippen molar-refractivity contribution in [2.24, 2.45) is 0 Å². The molecule has 1 aliphatic heterocycles. The number of ether oxygens (including phenoxy) is 3. The van der Waals surface area contributed by atoms with E-state index in [1.54, 1.807) is 32.0 Å². The van der Waals surface area contributed by atoms with E-state index in [0.717, 1.165) is 30.9 Å². The van der Waals surface area contributed by atoms with Crippen LogP contribution in [0.4, 0.5) is 11.5 Å². The van der Waals surface area contributed by atoms with E-state index in [-0.39, 0.29) is 5.91 Å². The molecule has 5 rings (SSSR count). The van der Waals surface area contributed by atoms with Crippen molar-refractivity contribution >= 4 is 23.1 Å². The summed E-state index contributed by atoms with van der Waals surface area (Å²) in [7, 11) is 4.67. The molecule has 2 aromatic carbocycles. The Morgan fingerprint density at radius 3 is 2.39 bits per heavy atom. The number of carbonyl (C=O) groups excluding carboxylic acids is 1. The number of aromatic amines is 1. The van der Waals surface area contributed by atoms with Crippen LogP contribution in [0.15, 0.2) is 42.6 Å². The van der Waals surface area contributed by atoms with E-state index >= 15 is 0 Å². The number of imidazole rings is 1. The normalized spacial score (nSPS) is 13.5. The Morgan fingerprint density at radius 1 is 1.05 bits per heavy atom. The molecule has 0 aliphatic carbocycles. The van der Waals surface area contributed by atoms with Crippen LogP contribution in [-0.4, -0.2) is 66.4 Å². The van der Waals surface area contributed by atoms with Gasteiger partial charge < -0.3 is 29.7 Å². The quantitative estimate of drug-likeness (QED) is 0.247. The molecular formula is C30H35N7O4. The highest BCUT2D eigenvalue weighted by Gasteiger charge is 2.22. The fourth-order valence-electron chi connectivity index (χ4n) is 5.11. The van der Waals surface area contributed by atoms with Crippen molar-refractivity contribution in [3.63, 3.8) is 0 Å². The summed E-state index contributed by atoms with van der Waals surface area (Å²) in [5, 5.41) is 19.2. The van der Waals surface area contributed by atoms with Crippen molar-refractivity contribution in [3.05, 3.63) is 53.7 Å². The summed E-state index contributed by atoms with van der Waals surface area (Å²) < 4.78 is 18.3. The third-order valence-electron chi connectivity index (χ3n) is 7.33. The molecule has 1 saturated heterocycles. The molecule has 1 amide bonds. The van der Waals surface area contributed by atoms with Crippen LogP contribution in [0.5, 0.6) is 17.2 Å². The number of nitriles is 1. The van der Waals surface area contributed by atoms with Gasteiger partial charge in [-0.15, -0.1) is 0 Å². The fourth-order valence-corrected chi connectivity index (χ4v) is 5.11. The predicted molar refractivity (Wildman–Crippen MR) is 156 cm³/mol. The van der Waals surface area contributed by atoms with Crippen molar-refractivity contribution in [2.45, 2.75) is 32.2 Å². The minimum absolute atomic E-state index is 0.0643. The van der Waals surface area contributed by atoms with Crippen LogP contribution < -0.4 is 24.8 Å². The second-order valence-corrected chi connectivity index (χ2v) is 9.93. The van der Waals surface area contributed by atoms with E-state index < -0.39 is 0 Å². The third-order valence-corrected chi connectivity index (χ3v) is 7.33. The number of nitrogens with one attached hydrogen (secondary N) is 3. The molecule has 0 radical (unpaired) electrons. The number of piperidine rings is 1. The van der Waals surface area contributed by atoms with Gasteiger partial charge in [0.25, 0.3) is 0 Å². The minimum atomic E-state index is 0.0643. The van der Waals surface area contributed by atoms with Gasteiger partial charge in [0.2, 0.25) is 11.7 Å². The number of carbonyl (C=O) groups is 1. The van der Waals surface area contributed by atoms with E-state index in [9.17, 15) is 10.1 Å². The molecule has 0 atom stereocenters. The van der Waals surface area contributed by atoms with E-state index in [2.05, 4.69) is 26.7 Å². The molecule has 11 heteroatoms. The summed E-state index contributed by atoms with van der Waals surface area (Å²) in [6.45, 7) is 3.46. The Morgan fingerprint density at radius 2 is 1.76 bits per heavy atom. The second-order valence-electron chi connectivity index (χ2n) is 9.93. The van der Waals surface area contributed by atoms with Crippen LogP contribution in [0.25, 0.3) is 16.9 Å². The number of anilines is 2. The molecule has 3 N–H and O–H groups in total. The molecule has 3 heterocycles. The van der Waals surface area contributed by atoms with E-state index in [0.29, 0.717) is 58.5 Å². The van der Waals surface area contributed by atoms with Gasteiger partial charge in [-0.1, -0.05) is 18.6 Å². The smallest absolute Gasteiger partial charge is 0.221 e. The Kier molecular flexibility index (Phi) is 8.60. The molecule has 214 valence electrons. The lowest BCUT2D eigenvalue weighted by atomic mass is 10.1. The summed E-state index contributed by atoms with van der Waals surface area (Å²) in [6, 6.07) is 13.6. The number of methoxy groups -OCH3 is 3. The third kappa shape index (κ3) is 6.07. The van der Waals surface area contributed by atoms with Crippen molar-refractivity contribution in [2.75, 3.05) is 46.3 Å². The van der Waals surface area contributed by atoms with Gasteiger partial charge >= 0.3 is 0 Å². The van der Waals surface area contributed by atoms with Crippen LogP contribution in [-0.2, 0) is 11.3 Å². The molecule has 1 aliphatic rings. The highest BCUT2D eigenvalue weighted by molar-refractivity contribution is 5.83. The standard InChI is InChI=1S/C30H35N7O4/c1-39-24-15-21(16-25(40-2)28(24)41-3)27-30(37-29(35-27)22(17-31)19-33-37)34-23-9-7-20(8-10-23)18-32-26(38)11-14-36-12-5-4-6-13-36/h7-10,15-16,19,33-34H,4-6,11-14,18H2,1-3H3,(H,32,38). The number of rotatable bonds is 11. The molecule has 0 unspecified atom stereocenters. The lowest BCUT2D eigenvalue weighted by molar-refractivity contribution is -0.121. The first kappa shape index (κ1) is 27.9. The van der Waals surface area contributed by atoms with E-state index in [1.807, 2.05) is 36.4 Å². The maximum atomic E-state index is 12.4. The second kappa shape index (κ2) is 12.7. The number of likely N-dealkylation sites (tertiary alicyclic amines) is 1. The van der Waals surface area contributed by atoms with Crippen LogP contribution in [0, 0.1) is 11.3 Å². The highest BCUT2D eigenvalue weighted by atomic mass is 16.5. The van der Waals surface area contributed by atoms with Gasteiger partial charge in [0.05, 0.1) is 21.3 Å². The summed E-state index contributed by atoms with van der Waals surface area (Å²) in [6.07, 6.45) is 5.86. The van der Waals surface area contributed by atoms with Crippen LogP contribution >= 0.6 is 0 Å². The monoisotopic (exact) mass is 557 g/mol. The number of aromatic nitrogens is 3. The molecule has 4 aromatic rings. The van der Waals surface area contributed by atoms with E-state index in [1.165, 1.54) is 19.3 Å². The van der Waals surface area contributed by atoms with Gasteiger partial charge in [-0.3, -0.25) is 9.89 Å². The van der Waals surface area contributed by atoms with Gasteiger partial charge in [-0.2, -0.15) is 5.26 Å². The van der Waals surface area contributed by atoms with Crippen molar-refractivity contribution in [1.82, 2.24) is 24.8 Å². The van der Waals surface area contributed by atoms with Gasteiger partial charge in [-0.05, 0) is 55.8 Å². The Hall–Kier alpha value is -4.69. The number of hydrogen-bond acceptors (Lipinski definition) is 8. The predicted octanol–water partition coefficient (Wildman–Crippen LogP) is 4.46. The number of nitrogens with zero attached hydrogens (tertiary/aromatic N) is 4. The van der Waals surface area contributed by atoms with Crippen LogP contribution in [0.2, 0.25) is 0 Å². The molecular weight excluding hydrogens is 522 g/mol. The van der Waals surface area contributed by atoms with Crippen molar-refractivity contribution in [3.8, 4) is 34.6 Å². The van der Waals surface area contributed by atoms with Crippen LogP contribution in [0.1, 0.15) is 36.8 Å². The topological polar surface area (TPSA) is 129 Å². The molecule has 11 nitrogen and oxygen atoms in total. The number of fused-ring (bicyclic) bond motifs is 1. The maximum absolute atomic E-state index is 12.4. The molecule has 0 spiro atoms. The summed E-state index contributed by atoms with van der Waals surface area (Å²) in [5.41, 5.74) is 4.02. The van der Waals surface area contributed by atoms with Crippen molar-refractivity contribution in [1.29, 1.82) is 5.26 Å². The first-order valence-electron chi connectivity index (χ1n) is 13.7. The zero-order valence-electron chi connectivity index (χ0n) is 23.6.